The van der Waals surface area contributed by atoms with Crippen molar-refractivity contribution in [2.45, 2.75) is 58.3 Å². The molecule has 0 spiro atoms. The summed E-state index contributed by atoms with van der Waals surface area (Å²) >= 11 is 0. The summed E-state index contributed by atoms with van der Waals surface area (Å²) in [6.45, 7) is 5.94. The van der Waals surface area contributed by atoms with Crippen molar-refractivity contribution in [1.82, 2.24) is 4.98 Å². The number of carboxylic acid groups (broad SMARTS) is 1. The zero-order valence-corrected chi connectivity index (χ0v) is 34.8. The van der Waals surface area contributed by atoms with E-state index in [4.69, 9.17) is 24.1 Å². The van der Waals surface area contributed by atoms with E-state index in [0.29, 0.717) is 60.8 Å². The Morgan fingerprint density at radius 3 is 2.22 bits per heavy atom. The van der Waals surface area contributed by atoms with Gasteiger partial charge in [0, 0.05) is 48.2 Å². The first kappa shape index (κ1) is 43.9. The molecule has 15 heteroatoms. The van der Waals surface area contributed by atoms with Crippen molar-refractivity contribution < 1.29 is 46.9 Å². The summed E-state index contributed by atoms with van der Waals surface area (Å²) < 4.78 is 49.4. The van der Waals surface area contributed by atoms with Gasteiger partial charge >= 0.3 is 12.0 Å². The normalized spacial score (nSPS) is 11.5. The van der Waals surface area contributed by atoms with Crippen molar-refractivity contribution in [1.29, 1.82) is 0 Å². The number of nitrogens with zero attached hydrogens (tertiary/aromatic N) is 1. The molecule has 0 saturated heterocycles. The number of sulfonamides is 1. The van der Waals surface area contributed by atoms with Crippen molar-refractivity contribution in [2.75, 3.05) is 49.0 Å². The largest absolute Gasteiger partial charge is 0.496 e. The smallest absolute Gasteiger partial charge is 0.329 e. The second-order valence-corrected chi connectivity index (χ2v) is 16.7. The lowest BCUT2D eigenvalue weighted by Gasteiger charge is -2.24. The lowest BCUT2D eigenvalue weighted by Crippen LogP contribution is -2.22. The highest BCUT2D eigenvalue weighted by Crippen LogP contribution is 2.40. The van der Waals surface area contributed by atoms with Crippen LogP contribution in [0.1, 0.15) is 73.6 Å². The number of ether oxygens (including phenoxy) is 4. The van der Waals surface area contributed by atoms with Gasteiger partial charge in [0.25, 0.3) is 0 Å². The van der Waals surface area contributed by atoms with Gasteiger partial charge in [-0.1, -0.05) is 57.5 Å². The highest BCUT2D eigenvalue weighted by molar-refractivity contribution is 7.92. The first-order valence-corrected chi connectivity index (χ1v) is 20.9. The number of nitrogens with one attached hydrogen (secondary N) is 3. The molecule has 0 aliphatic rings. The fourth-order valence-electron chi connectivity index (χ4n) is 6.38. The Hall–Kier alpha value is -6.19. The second-order valence-electron chi connectivity index (χ2n) is 14.9. The standard InChI is InChI=1S/C44H50N4O10S/c1-44(2,3)29-24-36(42(56-5)37(25-29)48-59(6,53)54)47-43(52)46-35-17-18-39(33-13-10-9-12-32(33)35)58-31-19-20-45-30(26-31)22-28-15-16-34(40(23-28)55-4)38(49)14-8-7-11-21-57-27-41(50)51/h9-10,12-13,15-20,23-26,48H,7-8,11,14,21-22,27H2,1-6H3,(H,50,51)(H2,46,47,52). The second kappa shape index (κ2) is 19.5. The minimum atomic E-state index is -3.65. The van der Waals surface area contributed by atoms with Crippen LogP contribution in [0.15, 0.2) is 85.1 Å². The lowest BCUT2D eigenvalue weighted by atomic mass is 9.86. The molecule has 0 fully saturated rings. The minimum absolute atomic E-state index is 0.0355. The monoisotopic (exact) mass is 826 g/mol. The number of methoxy groups -OCH3 is 2. The molecule has 0 saturated carbocycles. The fourth-order valence-corrected chi connectivity index (χ4v) is 6.94. The molecule has 0 unspecified atom stereocenters. The molecule has 0 aliphatic carbocycles. The van der Waals surface area contributed by atoms with E-state index in [-0.39, 0.29) is 34.9 Å². The summed E-state index contributed by atoms with van der Waals surface area (Å²) in [5.74, 6) is 0.705. The molecule has 0 radical (unpaired) electrons. The summed E-state index contributed by atoms with van der Waals surface area (Å²) in [7, 11) is -0.720. The number of benzene rings is 4. The van der Waals surface area contributed by atoms with Crippen LogP contribution in [0.2, 0.25) is 0 Å². The number of Topliss-reactive ketones (excluding diaryl/α,β-unsaturated/α-hetero) is 1. The topological polar surface area (TPSA) is 191 Å². The molecule has 4 N–H and O–H groups in total. The predicted molar refractivity (Wildman–Crippen MR) is 228 cm³/mol. The number of anilines is 3. The van der Waals surface area contributed by atoms with Crippen LogP contribution in [0.25, 0.3) is 10.8 Å². The summed E-state index contributed by atoms with van der Waals surface area (Å²) in [5, 5.41) is 15.9. The first-order chi connectivity index (χ1) is 28.0. The maximum atomic E-state index is 13.5. The van der Waals surface area contributed by atoms with Crippen molar-refractivity contribution in [3.8, 4) is 23.0 Å². The number of carbonyl (C=O) groups excluding carboxylic acids is 2. The quantitative estimate of drug-likeness (QED) is 0.0460. The lowest BCUT2D eigenvalue weighted by molar-refractivity contribution is -0.142. The number of urea groups is 1. The summed E-state index contributed by atoms with van der Waals surface area (Å²) in [5.41, 5.74) is 3.53. The molecule has 1 aromatic heterocycles. The number of rotatable bonds is 19. The molecule has 5 aromatic rings. The van der Waals surface area contributed by atoms with E-state index in [1.807, 2.05) is 63.2 Å². The molecule has 4 aromatic carbocycles. The number of amides is 2. The molecular formula is C44H50N4O10S. The van der Waals surface area contributed by atoms with Crippen LogP contribution in [0.3, 0.4) is 0 Å². The van der Waals surface area contributed by atoms with E-state index in [1.165, 1.54) is 14.2 Å². The van der Waals surface area contributed by atoms with E-state index in [9.17, 15) is 22.8 Å². The van der Waals surface area contributed by atoms with Crippen molar-refractivity contribution in [3.63, 3.8) is 0 Å². The van der Waals surface area contributed by atoms with Crippen LogP contribution < -0.4 is 29.6 Å². The third-order valence-electron chi connectivity index (χ3n) is 9.22. The van der Waals surface area contributed by atoms with Gasteiger partial charge in [-0.25, -0.2) is 18.0 Å². The molecular weight excluding hydrogens is 777 g/mol. The zero-order valence-electron chi connectivity index (χ0n) is 34.0. The van der Waals surface area contributed by atoms with Gasteiger partial charge in [0.05, 0.1) is 43.1 Å². The number of carbonyl (C=O) groups is 3. The van der Waals surface area contributed by atoms with E-state index in [1.54, 1.807) is 42.6 Å². The Morgan fingerprint density at radius 1 is 0.797 bits per heavy atom. The zero-order chi connectivity index (χ0) is 42.7. The Labute approximate surface area is 344 Å². The number of hydrogen-bond donors (Lipinski definition) is 4. The number of ketones is 1. The Morgan fingerprint density at radius 2 is 1.53 bits per heavy atom. The summed E-state index contributed by atoms with van der Waals surface area (Å²) in [4.78, 5) is 41.6. The molecule has 0 aliphatic heterocycles. The Bertz CT molecular complexity index is 2430. The molecule has 0 atom stereocenters. The Kier molecular flexibility index (Phi) is 14.5. The van der Waals surface area contributed by atoms with Crippen LogP contribution in [0, 0.1) is 0 Å². The van der Waals surface area contributed by atoms with Crippen molar-refractivity contribution in [2.24, 2.45) is 0 Å². The van der Waals surface area contributed by atoms with Gasteiger partial charge in [0.1, 0.15) is 23.9 Å². The predicted octanol–water partition coefficient (Wildman–Crippen LogP) is 8.79. The van der Waals surface area contributed by atoms with Gasteiger partial charge in [-0.3, -0.25) is 14.5 Å². The maximum absolute atomic E-state index is 13.5. The van der Waals surface area contributed by atoms with Gasteiger partial charge in [0.2, 0.25) is 10.0 Å². The molecule has 312 valence electrons. The summed E-state index contributed by atoms with van der Waals surface area (Å²) in [6, 6.07) is 22.9. The number of hydrogen-bond acceptors (Lipinski definition) is 10. The third kappa shape index (κ3) is 12.4. The number of fused-ring (bicyclic) bond motifs is 1. The average Bonchev–Trinajstić information content (AvgIpc) is 3.17. The van der Waals surface area contributed by atoms with Crippen LogP contribution in [0.5, 0.6) is 23.0 Å². The SMILES string of the molecule is COc1cc(Cc2cc(Oc3ccc(NC(=O)Nc4cc(C(C)(C)C)cc(NS(C)(=O)=O)c4OC)c4ccccc34)ccn2)ccc1C(=O)CCCCCOCC(=O)O. The fraction of sp³-hybridized carbons (Fsp3) is 0.318. The highest BCUT2D eigenvalue weighted by Gasteiger charge is 2.23. The van der Waals surface area contributed by atoms with Gasteiger partial charge in [-0.05, 0) is 71.8 Å². The molecule has 59 heavy (non-hydrogen) atoms. The molecule has 1 heterocycles. The number of carboxylic acids is 1. The number of aliphatic carboxylic acids is 1. The maximum Gasteiger partial charge on any atom is 0.329 e. The van der Waals surface area contributed by atoms with Crippen LogP contribution in [-0.2, 0) is 31.4 Å². The average molecular weight is 827 g/mol. The molecule has 2 amide bonds. The van der Waals surface area contributed by atoms with Crippen LogP contribution in [-0.4, -0.2) is 70.0 Å². The Balaban J connectivity index is 1.28. The van der Waals surface area contributed by atoms with E-state index >= 15 is 0 Å². The molecule has 5 rings (SSSR count). The third-order valence-corrected chi connectivity index (χ3v) is 9.81. The number of unbranched alkanes of at least 4 members (excludes halogenated alkanes) is 2. The van der Waals surface area contributed by atoms with E-state index in [0.717, 1.165) is 40.3 Å². The van der Waals surface area contributed by atoms with Gasteiger partial charge < -0.3 is 34.7 Å². The van der Waals surface area contributed by atoms with Crippen molar-refractivity contribution >= 4 is 55.6 Å². The highest BCUT2D eigenvalue weighted by atomic mass is 32.2. The first-order valence-electron chi connectivity index (χ1n) is 19.0. The van der Waals surface area contributed by atoms with E-state index in [2.05, 4.69) is 20.3 Å². The minimum Gasteiger partial charge on any atom is -0.496 e. The number of pyridine rings is 1. The van der Waals surface area contributed by atoms with Gasteiger partial charge in [0.15, 0.2) is 11.5 Å². The van der Waals surface area contributed by atoms with Crippen molar-refractivity contribution in [3.05, 3.63) is 107 Å². The van der Waals surface area contributed by atoms with Gasteiger partial charge in [-0.2, -0.15) is 0 Å². The summed E-state index contributed by atoms with van der Waals surface area (Å²) in [6.07, 6.45) is 5.56. The molecule has 14 nitrogen and oxygen atoms in total. The van der Waals surface area contributed by atoms with Gasteiger partial charge in [-0.15, -0.1) is 0 Å². The van der Waals surface area contributed by atoms with Crippen LogP contribution in [0.4, 0.5) is 21.9 Å². The number of aromatic nitrogens is 1. The van der Waals surface area contributed by atoms with E-state index < -0.39 is 22.0 Å². The van der Waals surface area contributed by atoms with Crippen LogP contribution >= 0.6 is 0 Å². The molecule has 0 bridgehead atoms.